The highest BCUT2D eigenvalue weighted by Crippen LogP contribution is 2.63. The molecule has 6 atom stereocenters. The van der Waals surface area contributed by atoms with Crippen LogP contribution in [0.5, 0.6) is 0 Å². The van der Waals surface area contributed by atoms with Crippen molar-refractivity contribution >= 4 is 5.78 Å². The van der Waals surface area contributed by atoms with Gasteiger partial charge in [-0.05, 0) is 74.5 Å². The molecular formula is C21H30O. The Kier molecular flexibility index (Phi) is 3.40. The second-order valence-corrected chi connectivity index (χ2v) is 8.54. The van der Waals surface area contributed by atoms with Crippen LogP contribution in [-0.2, 0) is 4.79 Å². The predicted molar refractivity (Wildman–Crippen MR) is 90.4 cm³/mol. The van der Waals surface area contributed by atoms with Crippen molar-refractivity contribution in [2.24, 2.45) is 35.0 Å². The van der Waals surface area contributed by atoms with Crippen LogP contribution in [0, 0.1) is 35.0 Å². The van der Waals surface area contributed by atoms with E-state index in [-0.39, 0.29) is 5.41 Å². The lowest BCUT2D eigenvalue weighted by Gasteiger charge is -2.54. The maximum atomic E-state index is 12.7. The molecule has 3 fully saturated rings. The molecule has 4 aliphatic carbocycles. The van der Waals surface area contributed by atoms with Gasteiger partial charge in [0.05, 0.1) is 0 Å². The molecule has 4 rings (SSSR count). The minimum absolute atomic E-state index is 0.0264. The second-order valence-electron chi connectivity index (χ2n) is 8.54. The molecule has 0 spiro atoms. The van der Waals surface area contributed by atoms with Gasteiger partial charge in [0, 0.05) is 11.8 Å². The van der Waals surface area contributed by atoms with Gasteiger partial charge >= 0.3 is 0 Å². The zero-order chi connectivity index (χ0) is 15.5. The molecule has 0 aromatic heterocycles. The van der Waals surface area contributed by atoms with Crippen LogP contribution in [0.25, 0.3) is 0 Å². The first-order chi connectivity index (χ1) is 10.6. The van der Waals surface area contributed by atoms with Gasteiger partial charge in [-0.3, -0.25) is 4.79 Å². The quantitative estimate of drug-likeness (QED) is 0.599. The summed E-state index contributed by atoms with van der Waals surface area (Å²) in [6.45, 7) is 9.12. The SMILES string of the molecule is C=C1C[C@]2(CC)C(=O)CCC2C2CCC3=CC(C)CCC3C12. The Morgan fingerprint density at radius 1 is 1.23 bits per heavy atom. The van der Waals surface area contributed by atoms with Gasteiger partial charge in [0.25, 0.3) is 0 Å². The first-order valence-electron chi connectivity index (χ1n) is 9.48. The van der Waals surface area contributed by atoms with E-state index in [0.717, 1.165) is 43.4 Å². The average molecular weight is 298 g/mol. The molecular weight excluding hydrogens is 268 g/mol. The summed E-state index contributed by atoms with van der Waals surface area (Å²) < 4.78 is 0. The van der Waals surface area contributed by atoms with Gasteiger partial charge in [-0.25, -0.2) is 0 Å². The van der Waals surface area contributed by atoms with Gasteiger partial charge in [0.1, 0.15) is 5.78 Å². The largest absolute Gasteiger partial charge is 0.299 e. The topological polar surface area (TPSA) is 17.1 Å². The van der Waals surface area contributed by atoms with Crippen molar-refractivity contribution in [1.82, 2.24) is 0 Å². The summed E-state index contributed by atoms with van der Waals surface area (Å²) in [7, 11) is 0. The fourth-order valence-corrected chi connectivity index (χ4v) is 6.71. The van der Waals surface area contributed by atoms with Crippen LogP contribution < -0.4 is 0 Å². The lowest BCUT2D eigenvalue weighted by Crippen LogP contribution is -2.48. The Morgan fingerprint density at radius 3 is 2.82 bits per heavy atom. The first kappa shape index (κ1) is 14.7. The van der Waals surface area contributed by atoms with Crippen LogP contribution in [0.15, 0.2) is 23.8 Å². The normalized spacial score (nSPS) is 47.5. The number of rotatable bonds is 1. The number of hydrogen-bond acceptors (Lipinski definition) is 1. The summed E-state index contributed by atoms with van der Waals surface area (Å²) in [6, 6.07) is 0. The molecule has 0 aromatic rings. The van der Waals surface area contributed by atoms with Crippen LogP contribution in [-0.4, -0.2) is 5.78 Å². The van der Waals surface area contributed by atoms with E-state index in [9.17, 15) is 4.79 Å². The maximum Gasteiger partial charge on any atom is 0.139 e. The summed E-state index contributed by atoms with van der Waals surface area (Å²) in [5, 5.41) is 0. The number of ketones is 1. The monoisotopic (exact) mass is 298 g/mol. The van der Waals surface area contributed by atoms with Gasteiger partial charge in [-0.2, -0.15) is 0 Å². The lowest BCUT2D eigenvalue weighted by molar-refractivity contribution is -0.130. The molecule has 22 heavy (non-hydrogen) atoms. The van der Waals surface area contributed by atoms with E-state index in [1.54, 1.807) is 5.57 Å². The number of fused-ring (bicyclic) bond motifs is 5. The van der Waals surface area contributed by atoms with Crippen molar-refractivity contribution < 1.29 is 4.79 Å². The third-order valence-corrected chi connectivity index (χ3v) is 7.68. The second kappa shape index (κ2) is 5.08. The fraction of sp³-hybridized carbons (Fsp3) is 0.762. The molecule has 0 N–H and O–H groups in total. The zero-order valence-corrected chi connectivity index (χ0v) is 14.2. The smallest absolute Gasteiger partial charge is 0.139 e. The Morgan fingerprint density at radius 2 is 2.05 bits per heavy atom. The van der Waals surface area contributed by atoms with Crippen molar-refractivity contribution in [3.63, 3.8) is 0 Å². The Balaban J connectivity index is 1.70. The molecule has 0 aromatic carbocycles. The van der Waals surface area contributed by atoms with Gasteiger partial charge in [-0.15, -0.1) is 0 Å². The van der Waals surface area contributed by atoms with Crippen molar-refractivity contribution in [1.29, 1.82) is 0 Å². The standard InChI is InChI=1S/C21H30O/c1-4-21-12-14(3)20-16-7-5-13(2)11-15(16)6-8-17(20)18(21)9-10-19(21)22/h11,13,16-18,20H,3-10,12H2,1-2H3/t13?,16?,17?,18?,20?,21-/m0/s1. The third-order valence-electron chi connectivity index (χ3n) is 7.68. The Bertz CT molecular complexity index is 542. The molecule has 1 heteroatoms. The predicted octanol–water partition coefficient (Wildman–Crippen LogP) is 5.32. The van der Waals surface area contributed by atoms with Crippen molar-refractivity contribution in [2.75, 3.05) is 0 Å². The molecule has 0 radical (unpaired) electrons. The average Bonchev–Trinajstić information content (AvgIpc) is 2.84. The van der Waals surface area contributed by atoms with Crippen LogP contribution in [0.2, 0.25) is 0 Å². The molecule has 5 unspecified atom stereocenters. The number of hydrogen-bond donors (Lipinski definition) is 0. The van der Waals surface area contributed by atoms with Gasteiger partial charge in [-0.1, -0.05) is 37.6 Å². The summed E-state index contributed by atoms with van der Waals surface area (Å²) >= 11 is 0. The number of allylic oxidation sites excluding steroid dienone is 3. The Hall–Kier alpha value is -0.850. The van der Waals surface area contributed by atoms with E-state index >= 15 is 0 Å². The third kappa shape index (κ3) is 1.87. The van der Waals surface area contributed by atoms with Crippen LogP contribution in [0.1, 0.15) is 65.2 Å². The van der Waals surface area contributed by atoms with Crippen LogP contribution in [0.4, 0.5) is 0 Å². The fourth-order valence-electron chi connectivity index (χ4n) is 6.71. The van der Waals surface area contributed by atoms with E-state index < -0.39 is 0 Å². The summed E-state index contributed by atoms with van der Waals surface area (Å²) in [5.74, 6) is 4.15. The van der Waals surface area contributed by atoms with Gasteiger partial charge < -0.3 is 0 Å². The molecule has 0 bridgehead atoms. The van der Waals surface area contributed by atoms with Crippen LogP contribution in [0.3, 0.4) is 0 Å². The van der Waals surface area contributed by atoms with E-state index in [2.05, 4.69) is 26.5 Å². The molecule has 0 aliphatic heterocycles. The molecule has 0 heterocycles. The number of carbonyl (C=O) groups is 1. The number of carbonyl (C=O) groups excluding carboxylic acids is 1. The lowest BCUT2D eigenvalue weighted by atomic mass is 9.50. The van der Waals surface area contributed by atoms with Gasteiger partial charge in [0.2, 0.25) is 0 Å². The molecule has 0 amide bonds. The molecule has 3 saturated carbocycles. The van der Waals surface area contributed by atoms with E-state index in [0.29, 0.717) is 17.6 Å². The molecule has 120 valence electrons. The minimum Gasteiger partial charge on any atom is -0.299 e. The molecule has 4 aliphatic rings. The summed E-state index contributed by atoms with van der Waals surface area (Å²) in [4.78, 5) is 12.7. The van der Waals surface area contributed by atoms with E-state index in [4.69, 9.17) is 0 Å². The molecule has 0 saturated heterocycles. The van der Waals surface area contributed by atoms with Crippen LogP contribution >= 0.6 is 0 Å². The van der Waals surface area contributed by atoms with Crippen molar-refractivity contribution in [2.45, 2.75) is 65.2 Å². The highest BCUT2D eigenvalue weighted by atomic mass is 16.1. The first-order valence-corrected chi connectivity index (χ1v) is 9.48. The highest BCUT2D eigenvalue weighted by Gasteiger charge is 2.58. The van der Waals surface area contributed by atoms with E-state index in [1.807, 2.05) is 0 Å². The van der Waals surface area contributed by atoms with Crippen molar-refractivity contribution in [3.05, 3.63) is 23.8 Å². The number of Topliss-reactive ketones (excluding diaryl/α,β-unsaturated/α-hetero) is 1. The zero-order valence-electron chi connectivity index (χ0n) is 14.2. The minimum atomic E-state index is -0.0264. The maximum absolute atomic E-state index is 12.7. The van der Waals surface area contributed by atoms with Gasteiger partial charge in [0.15, 0.2) is 0 Å². The molecule has 1 nitrogen and oxygen atoms in total. The van der Waals surface area contributed by atoms with Crippen molar-refractivity contribution in [3.8, 4) is 0 Å². The Labute approximate surface area is 135 Å². The summed E-state index contributed by atoms with van der Waals surface area (Å²) in [6.07, 6.45) is 11.9. The highest BCUT2D eigenvalue weighted by molar-refractivity contribution is 5.88. The van der Waals surface area contributed by atoms with E-state index in [1.165, 1.54) is 31.3 Å². The summed E-state index contributed by atoms with van der Waals surface area (Å²) in [5.41, 5.74) is 3.12.